The second-order valence-electron chi connectivity index (χ2n) is 5.78. The molecule has 0 saturated heterocycles. The number of nitrogens with zero attached hydrogens (tertiary/aromatic N) is 2. The first kappa shape index (κ1) is 14.4. The zero-order valence-corrected chi connectivity index (χ0v) is 12.8. The lowest BCUT2D eigenvalue weighted by molar-refractivity contribution is -0.122. The van der Waals surface area contributed by atoms with Crippen molar-refractivity contribution >= 4 is 5.91 Å². The van der Waals surface area contributed by atoms with Gasteiger partial charge in [0, 0.05) is 24.7 Å². The lowest BCUT2D eigenvalue weighted by Crippen LogP contribution is -2.27. The lowest BCUT2D eigenvalue weighted by atomic mass is 10.1. The van der Waals surface area contributed by atoms with E-state index in [4.69, 9.17) is 0 Å². The minimum absolute atomic E-state index is 0.0356. The largest absolute Gasteiger partial charge is 0.349 e. The summed E-state index contributed by atoms with van der Waals surface area (Å²) < 4.78 is 1.73. The minimum Gasteiger partial charge on any atom is -0.349 e. The van der Waals surface area contributed by atoms with Crippen LogP contribution in [0.1, 0.15) is 42.5 Å². The fraction of sp³-hybridized carbons (Fsp3) is 0.333. The molecule has 1 heterocycles. The maximum Gasteiger partial charge on any atom is 0.223 e. The molecule has 3 rings (SSSR count). The number of amides is 1. The topological polar surface area (TPSA) is 46.9 Å². The van der Waals surface area contributed by atoms with Crippen molar-refractivity contribution in [1.82, 2.24) is 15.1 Å². The number of carbonyl (C=O) groups is 1. The monoisotopic (exact) mass is 293 g/mol. The predicted octanol–water partition coefficient (Wildman–Crippen LogP) is 2.41. The van der Waals surface area contributed by atoms with Crippen LogP contribution >= 0.6 is 0 Å². The number of hydrogen-bond acceptors (Lipinski definition) is 2. The molecule has 1 fully saturated rings. The molecule has 2 aromatic rings. The normalized spacial score (nSPS) is 14.8. The number of benzene rings is 1. The van der Waals surface area contributed by atoms with E-state index in [2.05, 4.69) is 22.3 Å². The van der Waals surface area contributed by atoms with Gasteiger partial charge in [0.05, 0.1) is 17.8 Å². The van der Waals surface area contributed by atoms with Crippen LogP contribution in [0.2, 0.25) is 0 Å². The third-order valence-electron chi connectivity index (χ3n) is 3.77. The van der Waals surface area contributed by atoms with Gasteiger partial charge in [-0.1, -0.05) is 24.0 Å². The summed E-state index contributed by atoms with van der Waals surface area (Å²) in [7, 11) is 1.87. The first-order valence-corrected chi connectivity index (χ1v) is 7.53. The summed E-state index contributed by atoms with van der Waals surface area (Å²) in [5, 5.41) is 7.14. The van der Waals surface area contributed by atoms with Crippen LogP contribution < -0.4 is 5.32 Å². The van der Waals surface area contributed by atoms with E-state index in [-0.39, 0.29) is 17.9 Å². The van der Waals surface area contributed by atoms with Crippen LogP contribution in [0.3, 0.4) is 0 Å². The van der Waals surface area contributed by atoms with Gasteiger partial charge in [0.1, 0.15) is 0 Å². The molecule has 0 aliphatic heterocycles. The van der Waals surface area contributed by atoms with Crippen molar-refractivity contribution in [2.45, 2.75) is 25.8 Å². The molecule has 0 bridgehead atoms. The van der Waals surface area contributed by atoms with Crippen LogP contribution in [-0.2, 0) is 11.8 Å². The summed E-state index contributed by atoms with van der Waals surface area (Å²) >= 11 is 0. The van der Waals surface area contributed by atoms with Gasteiger partial charge in [0.2, 0.25) is 5.91 Å². The zero-order valence-electron chi connectivity index (χ0n) is 12.8. The number of aryl methyl sites for hydroxylation is 1. The molecule has 1 saturated carbocycles. The van der Waals surface area contributed by atoms with E-state index >= 15 is 0 Å². The molecule has 1 unspecified atom stereocenters. The average molecular weight is 293 g/mol. The molecule has 4 heteroatoms. The van der Waals surface area contributed by atoms with Crippen LogP contribution in [0, 0.1) is 17.8 Å². The second kappa shape index (κ2) is 6.07. The summed E-state index contributed by atoms with van der Waals surface area (Å²) in [5.74, 6) is 6.62. The van der Waals surface area contributed by atoms with Gasteiger partial charge in [0.25, 0.3) is 0 Å². The molecule has 1 amide bonds. The Kier molecular flexibility index (Phi) is 3.97. The highest BCUT2D eigenvalue weighted by atomic mass is 16.2. The summed E-state index contributed by atoms with van der Waals surface area (Å²) in [6.07, 6.45) is 5.69. The number of carbonyl (C=O) groups excluding carboxylic acids is 1. The molecule has 1 N–H and O–H groups in total. The van der Waals surface area contributed by atoms with E-state index in [1.807, 2.05) is 44.4 Å². The maximum absolute atomic E-state index is 11.8. The van der Waals surface area contributed by atoms with Gasteiger partial charge in [-0.25, -0.2) is 0 Å². The van der Waals surface area contributed by atoms with Gasteiger partial charge in [-0.15, -0.1) is 0 Å². The van der Waals surface area contributed by atoms with E-state index in [0.717, 1.165) is 29.5 Å². The Balaban J connectivity index is 1.64. The molecule has 1 atom stereocenters. The second-order valence-corrected chi connectivity index (χ2v) is 5.78. The van der Waals surface area contributed by atoms with Gasteiger partial charge >= 0.3 is 0 Å². The third kappa shape index (κ3) is 3.56. The van der Waals surface area contributed by atoms with Crippen LogP contribution in [0.15, 0.2) is 36.7 Å². The van der Waals surface area contributed by atoms with E-state index in [9.17, 15) is 4.79 Å². The molecular weight excluding hydrogens is 274 g/mol. The Morgan fingerprint density at radius 1 is 1.27 bits per heavy atom. The Morgan fingerprint density at radius 2 is 1.95 bits per heavy atom. The quantitative estimate of drug-likeness (QED) is 0.883. The fourth-order valence-corrected chi connectivity index (χ4v) is 2.25. The van der Waals surface area contributed by atoms with Crippen molar-refractivity contribution in [3.63, 3.8) is 0 Å². The molecule has 1 aromatic carbocycles. The number of aromatic nitrogens is 2. The van der Waals surface area contributed by atoms with E-state index in [0.29, 0.717) is 0 Å². The minimum atomic E-state index is 0.0356. The van der Waals surface area contributed by atoms with Crippen molar-refractivity contribution in [3.05, 3.63) is 53.3 Å². The van der Waals surface area contributed by atoms with Crippen molar-refractivity contribution in [2.75, 3.05) is 0 Å². The summed E-state index contributed by atoms with van der Waals surface area (Å²) in [6.45, 7) is 2.01. The average Bonchev–Trinajstić information content (AvgIpc) is 3.29. The molecule has 4 nitrogen and oxygen atoms in total. The van der Waals surface area contributed by atoms with Crippen molar-refractivity contribution in [2.24, 2.45) is 13.0 Å². The first-order chi connectivity index (χ1) is 10.6. The standard InChI is InChI=1S/C18H19N3O/c1-13(20-18(22)17-9-10-17)16-7-5-14(6-8-16)3-4-15-11-19-21(2)12-15/h5-8,11-13,17H,9-10H2,1-2H3,(H,20,22). The van der Waals surface area contributed by atoms with Crippen LogP contribution in [0.5, 0.6) is 0 Å². The molecular formula is C18H19N3O. The highest BCUT2D eigenvalue weighted by Gasteiger charge is 2.30. The molecule has 0 radical (unpaired) electrons. The Hall–Kier alpha value is -2.54. The number of rotatable bonds is 3. The molecule has 0 spiro atoms. The molecule has 1 aromatic heterocycles. The highest BCUT2D eigenvalue weighted by Crippen LogP contribution is 2.29. The van der Waals surface area contributed by atoms with Gasteiger partial charge in [-0.3, -0.25) is 9.48 Å². The summed E-state index contributed by atoms with van der Waals surface area (Å²) in [5.41, 5.74) is 2.95. The van der Waals surface area contributed by atoms with Crippen molar-refractivity contribution in [1.29, 1.82) is 0 Å². The third-order valence-corrected chi connectivity index (χ3v) is 3.77. The molecule has 22 heavy (non-hydrogen) atoms. The Morgan fingerprint density at radius 3 is 2.55 bits per heavy atom. The molecule has 112 valence electrons. The smallest absolute Gasteiger partial charge is 0.223 e. The van der Waals surface area contributed by atoms with Gasteiger partial charge in [0.15, 0.2) is 0 Å². The van der Waals surface area contributed by atoms with E-state index < -0.39 is 0 Å². The molecule has 1 aliphatic rings. The summed E-state index contributed by atoms with van der Waals surface area (Å²) in [4.78, 5) is 11.8. The fourth-order valence-electron chi connectivity index (χ4n) is 2.25. The van der Waals surface area contributed by atoms with Gasteiger partial charge < -0.3 is 5.32 Å². The van der Waals surface area contributed by atoms with Crippen molar-refractivity contribution in [3.8, 4) is 11.8 Å². The Labute approximate surface area is 130 Å². The maximum atomic E-state index is 11.8. The zero-order chi connectivity index (χ0) is 15.5. The van der Waals surface area contributed by atoms with E-state index in [1.165, 1.54) is 0 Å². The highest BCUT2D eigenvalue weighted by molar-refractivity contribution is 5.81. The van der Waals surface area contributed by atoms with Crippen molar-refractivity contribution < 1.29 is 4.79 Å². The van der Waals surface area contributed by atoms with Gasteiger partial charge in [-0.2, -0.15) is 5.10 Å². The van der Waals surface area contributed by atoms with Gasteiger partial charge in [-0.05, 0) is 37.5 Å². The number of nitrogens with one attached hydrogen (secondary N) is 1. The van der Waals surface area contributed by atoms with Crippen LogP contribution in [-0.4, -0.2) is 15.7 Å². The number of hydrogen-bond donors (Lipinski definition) is 1. The SMILES string of the molecule is CC(NC(=O)C1CC1)c1ccc(C#Cc2cnn(C)c2)cc1. The Bertz CT molecular complexity index is 730. The van der Waals surface area contributed by atoms with Crippen LogP contribution in [0.25, 0.3) is 0 Å². The lowest BCUT2D eigenvalue weighted by Gasteiger charge is -2.14. The predicted molar refractivity (Wildman–Crippen MR) is 84.9 cm³/mol. The van der Waals surface area contributed by atoms with E-state index in [1.54, 1.807) is 10.9 Å². The van der Waals surface area contributed by atoms with Crippen LogP contribution in [0.4, 0.5) is 0 Å². The first-order valence-electron chi connectivity index (χ1n) is 7.53. The molecule has 1 aliphatic carbocycles. The summed E-state index contributed by atoms with van der Waals surface area (Å²) in [6, 6.07) is 8.04.